The van der Waals surface area contributed by atoms with E-state index < -0.39 is 6.10 Å². The molecule has 1 unspecified atom stereocenters. The summed E-state index contributed by atoms with van der Waals surface area (Å²) in [6.07, 6.45) is 1.12. The lowest BCUT2D eigenvalue weighted by molar-refractivity contribution is -0.125. The lowest BCUT2D eigenvalue weighted by Crippen LogP contribution is -2.44. The first-order chi connectivity index (χ1) is 9.58. The Morgan fingerprint density at radius 2 is 2.20 bits per heavy atom. The highest BCUT2D eigenvalue weighted by Crippen LogP contribution is 2.33. The van der Waals surface area contributed by atoms with Crippen molar-refractivity contribution >= 4 is 11.7 Å². The lowest BCUT2D eigenvalue weighted by atomic mass is 10.1. The topological polar surface area (TPSA) is 68.5 Å². The van der Waals surface area contributed by atoms with Crippen molar-refractivity contribution in [3.05, 3.63) is 35.3 Å². The fraction of sp³-hybridized carbons (Fsp3) is 0.357. The van der Waals surface area contributed by atoms with Crippen molar-refractivity contribution in [3.63, 3.8) is 0 Å². The minimum Gasteiger partial charge on any atom is -0.477 e. The summed E-state index contributed by atoms with van der Waals surface area (Å²) in [4.78, 5) is 18.2. The Labute approximate surface area is 116 Å². The van der Waals surface area contributed by atoms with Gasteiger partial charge in [-0.15, -0.1) is 0 Å². The number of ether oxygens (including phenoxy) is 1. The van der Waals surface area contributed by atoms with Crippen LogP contribution in [0.4, 0.5) is 5.82 Å². The highest BCUT2D eigenvalue weighted by molar-refractivity contribution is 5.98. The van der Waals surface area contributed by atoms with Crippen molar-refractivity contribution in [3.8, 4) is 5.75 Å². The second-order valence-corrected chi connectivity index (χ2v) is 4.81. The highest BCUT2D eigenvalue weighted by Gasteiger charge is 2.33. The normalized spacial score (nSPS) is 17.9. The molecule has 1 aliphatic rings. The van der Waals surface area contributed by atoms with Crippen LogP contribution >= 0.6 is 0 Å². The molecule has 1 amide bonds. The summed E-state index contributed by atoms with van der Waals surface area (Å²) in [6, 6.07) is 3.60. The van der Waals surface area contributed by atoms with Crippen molar-refractivity contribution in [2.75, 3.05) is 4.90 Å². The molecule has 20 heavy (non-hydrogen) atoms. The van der Waals surface area contributed by atoms with E-state index in [1.54, 1.807) is 24.1 Å². The predicted octanol–water partition coefficient (Wildman–Crippen LogP) is 2.00. The molecule has 3 heterocycles. The number of hydrogen-bond acceptors (Lipinski definition) is 5. The van der Waals surface area contributed by atoms with Gasteiger partial charge in [0.25, 0.3) is 5.91 Å². The summed E-state index contributed by atoms with van der Waals surface area (Å²) < 4.78 is 10.7. The van der Waals surface area contributed by atoms with Crippen LogP contribution < -0.4 is 9.64 Å². The van der Waals surface area contributed by atoms with Crippen molar-refractivity contribution in [1.29, 1.82) is 0 Å². The quantitative estimate of drug-likeness (QED) is 0.837. The van der Waals surface area contributed by atoms with Gasteiger partial charge in [-0.25, -0.2) is 4.98 Å². The highest BCUT2D eigenvalue weighted by atomic mass is 16.5. The number of nitrogens with zero attached hydrogens (tertiary/aromatic N) is 3. The van der Waals surface area contributed by atoms with Crippen LogP contribution in [0.3, 0.4) is 0 Å². The molecular formula is C14H15N3O3. The van der Waals surface area contributed by atoms with E-state index in [1.165, 1.54) is 0 Å². The first-order valence-electron chi connectivity index (χ1n) is 6.42. The molecule has 3 rings (SSSR count). The molecule has 0 saturated carbocycles. The third-order valence-electron chi connectivity index (χ3n) is 3.42. The number of carbonyl (C=O) groups excluding carboxylic acids is 1. The first-order valence-corrected chi connectivity index (χ1v) is 6.42. The molecule has 0 N–H and O–H groups in total. The first kappa shape index (κ1) is 12.7. The van der Waals surface area contributed by atoms with Crippen LogP contribution in [0.2, 0.25) is 0 Å². The number of anilines is 1. The van der Waals surface area contributed by atoms with Crippen molar-refractivity contribution in [2.45, 2.75) is 33.4 Å². The van der Waals surface area contributed by atoms with Crippen LogP contribution in [-0.4, -0.2) is 22.2 Å². The molecule has 0 aliphatic carbocycles. The Balaban J connectivity index is 2.02. The van der Waals surface area contributed by atoms with E-state index in [0.717, 1.165) is 11.3 Å². The number of hydrogen-bond donors (Lipinski definition) is 0. The Morgan fingerprint density at radius 1 is 1.40 bits per heavy atom. The smallest absolute Gasteiger partial charge is 0.269 e. The molecule has 2 aromatic rings. The number of fused-ring (bicyclic) bond motifs is 1. The SMILES string of the molecule is Cc1noc(C)c1CN1C(=O)C(C)Oc2cccnc21. The summed E-state index contributed by atoms with van der Waals surface area (Å²) in [5.41, 5.74) is 1.69. The zero-order valence-electron chi connectivity index (χ0n) is 11.6. The summed E-state index contributed by atoms with van der Waals surface area (Å²) in [6.45, 7) is 5.82. The van der Waals surface area contributed by atoms with Gasteiger partial charge in [-0.05, 0) is 32.9 Å². The molecule has 0 spiro atoms. The Morgan fingerprint density at radius 3 is 2.90 bits per heavy atom. The largest absolute Gasteiger partial charge is 0.477 e. The average Bonchev–Trinajstić information content (AvgIpc) is 2.75. The average molecular weight is 273 g/mol. The molecule has 0 fully saturated rings. The van der Waals surface area contributed by atoms with Gasteiger partial charge in [0, 0.05) is 11.8 Å². The molecule has 0 aromatic carbocycles. The molecule has 6 nitrogen and oxygen atoms in total. The van der Waals surface area contributed by atoms with Gasteiger partial charge in [-0.2, -0.15) is 0 Å². The third-order valence-corrected chi connectivity index (χ3v) is 3.42. The van der Waals surface area contributed by atoms with Gasteiger partial charge in [0.1, 0.15) is 5.76 Å². The van der Waals surface area contributed by atoms with E-state index in [1.807, 2.05) is 19.9 Å². The van der Waals surface area contributed by atoms with Crippen LogP contribution in [0.1, 0.15) is 23.9 Å². The van der Waals surface area contributed by atoms with Crippen LogP contribution in [0.15, 0.2) is 22.9 Å². The minimum atomic E-state index is -0.521. The van der Waals surface area contributed by atoms with Crippen LogP contribution in [0.5, 0.6) is 5.75 Å². The maximum Gasteiger partial charge on any atom is 0.269 e. The molecule has 6 heteroatoms. The van der Waals surface area contributed by atoms with E-state index in [0.29, 0.717) is 23.9 Å². The van der Waals surface area contributed by atoms with Crippen LogP contribution in [0, 0.1) is 13.8 Å². The van der Waals surface area contributed by atoms with Crippen LogP contribution in [-0.2, 0) is 11.3 Å². The fourth-order valence-electron chi connectivity index (χ4n) is 2.28. The maximum absolute atomic E-state index is 12.3. The van der Waals surface area contributed by atoms with Gasteiger partial charge in [0.2, 0.25) is 0 Å². The molecule has 0 saturated heterocycles. The van der Waals surface area contributed by atoms with Crippen molar-refractivity contribution in [2.24, 2.45) is 0 Å². The van der Waals surface area contributed by atoms with Gasteiger partial charge in [-0.1, -0.05) is 5.16 Å². The van der Waals surface area contributed by atoms with E-state index in [-0.39, 0.29) is 5.91 Å². The molecule has 0 bridgehead atoms. The molecule has 1 atom stereocenters. The predicted molar refractivity (Wildman–Crippen MR) is 71.5 cm³/mol. The zero-order chi connectivity index (χ0) is 14.3. The van der Waals surface area contributed by atoms with E-state index in [2.05, 4.69) is 10.1 Å². The lowest BCUT2D eigenvalue weighted by Gasteiger charge is -2.31. The Bertz CT molecular complexity index is 646. The standard InChI is InChI=1S/C14H15N3O3/c1-8-11(9(2)20-16-8)7-17-13-12(5-4-6-15-13)19-10(3)14(17)18/h4-6,10H,7H2,1-3H3. The molecular weight excluding hydrogens is 258 g/mol. The fourth-order valence-corrected chi connectivity index (χ4v) is 2.28. The second-order valence-electron chi connectivity index (χ2n) is 4.81. The van der Waals surface area contributed by atoms with Crippen molar-refractivity contribution < 1.29 is 14.1 Å². The monoisotopic (exact) mass is 273 g/mol. The number of pyridine rings is 1. The molecule has 0 radical (unpaired) electrons. The van der Waals surface area contributed by atoms with Crippen molar-refractivity contribution in [1.82, 2.24) is 10.1 Å². The Hall–Kier alpha value is -2.37. The number of aromatic nitrogens is 2. The van der Waals surface area contributed by atoms with Gasteiger partial charge >= 0.3 is 0 Å². The van der Waals surface area contributed by atoms with Crippen LogP contribution in [0.25, 0.3) is 0 Å². The Kier molecular flexibility index (Phi) is 2.93. The summed E-state index contributed by atoms with van der Waals surface area (Å²) >= 11 is 0. The number of carbonyl (C=O) groups is 1. The second kappa shape index (κ2) is 4.63. The summed E-state index contributed by atoms with van der Waals surface area (Å²) in [7, 11) is 0. The van der Waals surface area contributed by atoms with Gasteiger partial charge in [0.05, 0.1) is 12.2 Å². The molecule has 1 aliphatic heterocycles. The number of rotatable bonds is 2. The zero-order valence-corrected chi connectivity index (χ0v) is 11.6. The van der Waals surface area contributed by atoms with E-state index in [4.69, 9.17) is 9.26 Å². The third kappa shape index (κ3) is 1.93. The van der Waals surface area contributed by atoms with Gasteiger partial charge in [-0.3, -0.25) is 9.69 Å². The number of amides is 1. The number of aryl methyl sites for hydroxylation is 2. The molecule has 2 aromatic heterocycles. The van der Waals surface area contributed by atoms with Gasteiger partial charge < -0.3 is 9.26 Å². The minimum absolute atomic E-state index is 0.115. The van der Waals surface area contributed by atoms with Gasteiger partial charge in [0.15, 0.2) is 17.7 Å². The molecule has 104 valence electrons. The van der Waals surface area contributed by atoms with E-state index in [9.17, 15) is 4.79 Å². The summed E-state index contributed by atoms with van der Waals surface area (Å²) in [5, 5.41) is 3.92. The van der Waals surface area contributed by atoms with E-state index >= 15 is 0 Å². The maximum atomic E-state index is 12.3. The summed E-state index contributed by atoms with van der Waals surface area (Å²) in [5.74, 6) is 1.75.